The Labute approximate surface area is 158 Å². The van der Waals surface area contributed by atoms with E-state index in [-0.39, 0.29) is 24.6 Å². The fourth-order valence-electron chi connectivity index (χ4n) is 4.20. The number of ketones is 1. The monoisotopic (exact) mass is 376 g/mol. The molecule has 1 saturated carbocycles. The molecule has 0 unspecified atom stereocenters. The third-order valence-corrected chi connectivity index (χ3v) is 7.18. The Balaban J connectivity index is 2.13. The average Bonchev–Trinajstić information content (AvgIpc) is 2.69. The highest BCUT2D eigenvalue weighted by Gasteiger charge is 2.68. The maximum absolute atomic E-state index is 13.2. The highest BCUT2D eigenvalue weighted by Crippen LogP contribution is 2.59. The molecule has 5 nitrogen and oxygen atoms in total. The lowest BCUT2D eigenvalue weighted by molar-refractivity contribution is -0.208. The van der Waals surface area contributed by atoms with E-state index in [0.29, 0.717) is 19.3 Å². The van der Waals surface area contributed by atoms with Gasteiger partial charge >= 0.3 is 5.97 Å². The van der Waals surface area contributed by atoms with Crippen LogP contribution in [0.4, 0.5) is 0 Å². The van der Waals surface area contributed by atoms with Crippen molar-refractivity contribution in [1.29, 1.82) is 0 Å². The maximum atomic E-state index is 13.2. The highest BCUT2D eigenvalue weighted by atomic mass is 32.2. The van der Waals surface area contributed by atoms with E-state index >= 15 is 0 Å². The van der Waals surface area contributed by atoms with Gasteiger partial charge in [0, 0.05) is 30.3 Å². The molecule has 0 amide bonds. The molecule has 4 atom stereocenters. The zero-order chi connectivity index (χ0) is 18.8. The Bertz CT molecular complexity index is 681. The molecule has 140 valence electrons. The summed E-state index contributed by atoms with van der Waals surface area (Å²) in [6.45, 7) is 4.20. The third kappa shape index (κ3) is 2.80. The number of hydrogen-bond donors (Lipinski definition) is 0. The number of thioether (sulfide) groups is 1. The minimum Gasteiger partial charge on any atom is -0.468 e. The van der Waals surface area contributed by atoms with Gasteiger partial charge in [-0.25, -0.2) is 0 Å². The van der Waals surface area contributed by atoms with E-state index in [9.17, 15) is 9.59 Å². The Morgan fingerprint density at radius 1 is 1.35 bits per heavy atom. The molecule has 2 fully saturated rings. The molecule has 6 heteroatoms. The van der Waals surface area contributed by atoms with Gasteiger partial charge in [0.05, 0.1) is 13.7 Å². The summed E-state index contributed by atoms with van der Waals surface area (Å²) >= 11 is 1.25. The van der Waals surface area contributed by atoms with Crippen molar-refractivity contribution in [3.05, 3.63) is 43.0 Å². The van der Waals surface area contributed by atoms with Gasteiger partial charge in [0.15, 0.2) is 16.8 Å². The van der Waals surface area contributed by atoms with Crippen molar-refractivity contribution in [3.63, 3.8) is 0 Å². The minimum atomic E-state index is -1.41. The van der Waals surface area contributed by atoms with E-state index in [1.165, 1.54) is 18.9 Å². The summed E-state index contributed by atoms with van der Waals surface area (Å²) in [5.41, 5.74) is -0.842. The summed E-state index contributed by atoms with van der Waals surface area (Å²) in [5.74, 6) is -0.624. The predicted molar refractivity (Wildman–Crippen MR) is 98.8 cm³/mol. The van der Waals surface area contributed by atoms with Crippen LogP contribution < -0.4 is 0 Å². The quantitative estimate of drug-likeness (QED) is 0.447. The lowest BCUT2D eigenvalue weighted by Gasteiger charge is -2.55. The number of carbonyl (C=O) groups is 2. The van der Waals surface area contributed by atoms with Crippen LogP contribution in [0, 0.1) is 11.3 Å². The van der Waals surface area contributed by atoms with Crippen molar-refractivity contribution in [1.82, 2.24) is 0 Å². The van der Waals surface area contributed by atoms with Crippen molar-refractivity contribution >= 4 is 23.5 Å². The smallest absolute Gasteiger partial charge is 0.331 e. The molecule has 0 bridgehead atoms. The molecule has 1 aromatic rings. The number of rotatable bonds is 5. The third-order valence-electron chi connectivity index (χ3n) is 5.60. The van der Waals surface area contributed by atoms with Crippen LogP contribution >= 0.6 is 11.8 Å². The van der Waals surface area contributed by atoms with Gasteiger partial charge in [0.25, 0.3) is 0 Å². The van der Waals surface area contributed by atoms with Gasteiger partial charge < -0.3 is 14.2 Å². The Morgan fingerprint density at radius 2 is 2.08 bits per heavy atom. The van der Waals surface area contributed by atoms with Gasteiger partial charge in [0.2, 0.25) is 0 Å². The van der Waals surface area contributed by atoms with Crippen LogP contribution in [0.5, 0.6) is 0 Å². The van der Waals surface area contributed by atoms with Crippen LogP contribution in [0.1, 0.15) is 19.3 Å². The van der Waals surface area contributed by atoms with Crippen LogP contribution in [-0.4, -0.2) is 43.6 Å². The molecule has 0 spiro atoms. The van der Waals surface area contributed by atoms with Gasteiger partial charge in [0.1, 0.15) is 0 Å². The second kappa shape index (κ2) is 7.55. The van der Waals surface area contributed by atoms with Crippen molar-refractivity contribution in [2.75, 3.05) is 20.8 Å². The molecule has 1 aliphatic heterocycles. The number of esters is 1. The summed E-state index contributed by atoms with van der Waals surface area (Å²) in [6, 6.07) is 9.46. The largest absolute Gasteiger partial charge is 0.468 e. The van der Waals surface area contributed by atoms with Gasteiger partial charge in [-0.15, -0.1) is 6.58 Å². The number of Topliss-reactive ketones (excluding diaryl/α,β-unsaturated/α-hetero) is 1. The number of methoxy groups -OCH3 is 2. The number of ether oxygens (including phenoxy) is 3. The Morgan fingerprint density at radius 3 is 2.69 bits per heavy atom. The maximum Gasteiger partial charge on any atom is 0.331 e. The van der Waals surface area contributed by atoms with E-state index in [0.717, 1.165) is 4.90 Å². The van der Waals surface area contributed by atoms with Gasteiger partial charge in [-0.2, -0.15) is 0 Å². The molecule has 1 heterocycles. The topological polar surface area (TPSA) is 61.8 Å². The van der Waals surface area contributed by atoms with Gasteiger partial charge in [-0.05, 0) is 24.5 Å². The van der Waals surface area contributed by atoms with Crippen LogP contribution in [0.2, 0.25) is 0 Å². The standard InChI is InChI=1S/C20H24O5S/c1-4-19-13-25-17(23-2)12-14(19)10-11-16(21)20(19,18(22)24-3)26-15-8-6-5-7-9-15/h4-9,14,17H,1,10-13H2,2-3H3/t14-,17+,19+,20-/m0/s1. The fraction of sp³-hybridized carbons (Fsp3) is 0.500. The number of fused-ring (bicyclic) bond motifs is 1. The summed E-state index contributed by atoms with van der Waals surface area (Å²) in [5, 5.41) is 0. The SMILES string of the molecule is C=C[C@@]12CO[C@@H](OC)C[C@@H]1CCC(=O)[C@]2(Sc1ccccc1)C(=O)OC. The van der Waals surface area contributed by atoms with Crippen molar-refractivity contribution < 1.29 is 23.8 Å². The summed E-state index contributed by atoms with van der Waals surface area (Å²) < 4.78 is 15.0. The molecule has 0 N–H and O–H groups in total. The summed E-state index contributed by atoms with van der Waals surface area (Å²) in [6.07, 6.45) is 3.02. The molecule has 1 aromatic carbocycles. The van der Waals surface area contributed by atoms with Crippen LogP contribution in [0.3, 0.4) is 0 Å². The first kappa shape index (κ1) is 19.1. The summed E-state index contributed by atoms with van der Waals surface area (Å²) in [7, 11) is 2.93. The molecule has 0 aromatic heterocycles. The number of benzene rings is 1. The zero-order valence-corrected chi connectivity index (χ0v) is 15.9. The first-order chi connectivity index (χ1) is 12.5. The van der Waals surface area contributed by atoms with Crippen LogP contribution in [0.15, 0.2) is 47.9 Å². The van der Waals surface area contributed by atoms with Gasteiger partial charge in [-0.3, -0.25) is 9.59 Å². The molecule has 26 heavy (non-hydrogen) atoms. The predicted octanol–water partition coefficient (Wildman–Crippen LogP) is 3.23. The highest BCUT2D eigenvalue weighted by molar-refractivity contribution is 8.02. The Kier molecular flexibility index (Phi) is 5.55. The Hall–Kier alpha value is -1.63. The average molecular weight is 376 g/mol. The molecule has 1 saturated heterocycles. The van der Waals surface area contributed by atoms with Crippen molar-refractivity contribution in [2.45, 2.75) is 35.2 Å². The van der Waals surface area contributed by atoms with Crippen molar-refractivity contribution in [2.24, 2.45) is 11.3 Å². The van der Waals surface area contributed by atoms with Gasteiger partial charge in [-0.1, -0.05) is 36.0 Å². The van der Waals surface area contributed by atoms with Crippen LogP contribution in [0.25, 0.3) is 0 Å². The second-order valence-electron chi connectivity index (χ2n) is 6.70. The first-order valence-corrected chi connectivity index (χ1v) is 9.49. The first-order valence-electron chi connectivity index (χ1n) is 8.68. The van der Waals surface area contributed by atoms with E-state index in [2.05, 4.69) is 6.58 Å². The van der Waals surface area contributed by atoms with E-state index in [1.807, 2.05) is 30.3 Å². The van der Waals surface area contributed by atoms with E-state index < -0.39 is 16.1 Å². The number of hydrogen-bond acceptors (Lipinski definition) is 6. The summed E-state index contributed by atoms with van der Waals surface area (Å²) in [4.78, 5) is 27.1. The van der Waals surface area contributed by atoms with Crippen molar-refractivity contribution in [3.8, 4) is 0 Å². The fourth-order valence-corrected chi connectivity index (χ4v) is 5.73. The molecule has 1 aliphatic carbocycles. The zero-order valence-electron chi connectivity index (χ0n) is 15.1. The lowest BCUT2D eigenvalue weighted by atomic mass is 9.57. The minimum absolute atomic E-state index is 0.0479. The number of carbonyl (C=O) groups excluding carboxylic acids is 2. The molecule has 3 rings (SSSR count). The van der Waals surface area contributed by atoms with E-state index in [1.54, 1.807) is 13.2 Å². The molecular formula is C20H24O5S. The van der Waals surface area contributed by atoms with Crippen LogP contribution in [-0.2, 0) is 23.8 Å². The lowest BCUT2D eigenvalue weighted by Crippen LogP contribution is -2.66. The van der Waals surface area contributed by atoms with E-state index in [4.69, 9.17) is 14.2 Å². The normalized spacial score (nSPS) is 34.0. The second-order valence-corrected chi connectivity index (χ2v) is 7.99. The molecular weight excluding hydrogens is 352 g/mol. The molecule has 0 radical (unpaired) electrons. The molecule has 2 aliphatic rings.